The second-order valence-corrected chi connectivity index (χ2v) is 8.21. The number of ether oxygens (including phenoxy) is 1. The predicted octanol–water partition coefficient (Wildman–Crippen LogP) is 3.51. The number of methoxy groups -OCH3 is 1. The van der Waals surface area contributed by atoms with Crippen LogP contribution < -0.4 is 15.8 Å². The van der Waals surface area contributed by atoms with Crippen LogP contribution in [-0.4, -0.2) is 23.9 Å². The van der Waals surface area contributed by atoms with Gasteiger partial charge in [0.15, 0.2) is 5.13 Å². The van der Waals surface area contributed by atoms with Gasteiger partial charge in [-0.05, 0) is 42.2 Å². The molecule has 0 aliphatic heterocycles. The number of carbonyl (C=O) groups excluding carboxylic acids is 2. The van der Waals surface area contributed by atoms with Crippen molar-refractivity contribution in [3.05, 3.63) is 76.3 Å². The summed E-state index contributed by atoms with van der Waals surface area (Å²) in [5, 5.41) is 3.52. The van der Waals surface area contributed by atoms with E-state index in [1.54, 1.807) is 25.4 Å². The zero-order chi connectivity index (χ0) is 20.4. The maximum absolute atomic E-state index is 12.9. The quantitative estimate of drug-likeness (QED) is 0.627. The van der Waals surface area contributed by atoms with Gasteiger partial charge in [0.2, 0.25) is 11.8 Å². The third-order valence-corrected chi connectivity index (χ3v) is 6.16. The normalized spacial score (nSPS) is 14.2. The Labute approximate surface area is 172 Å². The van der Waals surface area contributed by atoms with Gasteiger partial charge in [-0.1, -0.05) is 30.3 Å². The highest BCUT2D eigenvalue weighted by Crippen LogP contribution is 2.49. The molecule has 3 N–H and O–H groups in total. The lowest BCUT2D eigenvalue weighted by atomic mass is 9.95. The minimum Gasteiger partial charge on any atom is -0.497 e. The van der Waals surface area contributed by atoms with Crippen LogP contribution in [0.3, 0.4) is 0 Å². The molecule has 1 fully saturated rings. The molecule has 7 heteroatoms. The minimum atomic E-state index is -0.489. The summed E-state index contributed by atoms with van der Waals surface area (Å²) in [6.45, 7) is 0. The lowest BCUT2D eigenvalue weighted by molar-refractivity contribution is -0.118. The van der Waals surface area contributed by atoms with E-state index in [9.17, 15) is 9.59 Å². The van der Waals surface area contributed by atoms with Gasteiger partial charge in [-0.3, -0.25) is 9.59 Å². The van der Waals surface area contributed by atoms with Crippen molar-refractivity contribution in [1.82, 2.24) is 4.98 Å². The number of amides is 2. The fourth-order valence-corrected chi connectivity index (χ4v) is 4.28. The van der Waals surface area contributed by atoms with Crippen molar-refractivity contribution in [2.45, 2.75) is 24.7 Å². The molecular weight excluding hydrogens is 386 g/mol. The molecule has 1 aliphatic rings. The number of nitrogens with one attached hydrogen (secondary N) is 1. The highest BCUT2D eigenvalue weighted by atomic mass is 32.1. The van der Waals surface area contributed by atoms with Crippen molar-refractivity contribution in [1.29, 1.82) is 0 Å². The smallest absolute Gasteiger partial charge is 0.248 e. The largest absolute Gasteiger partial charge is 0.497 e. The summed E-state index contributed by atoms with van der Waals surface area (Å²) in [7, 11) is 1.62. The Balaban J connectivity index is 1.46. The molecule has 2 amide bonds. The van der Waals surface area contributed by atoms with Gasteiger partial charge < -0.3 is 15.8 Å². The van der Waals surface area contributed by atoms with Crippen LogP contribution in [0, 0.1) is 0 Å². The minimum absolute atomic E-state index is 0.0406. The Morgan fingerprint density at radius 2 is 1.90 bits per heavy atom. The van der Waals surface area contributed by atoms with E-state index in [4.69, 9.17) is 10.5 Å². The van der Waals surface area contributed by atoms with Crippen LogP contribution in [0.2, 0.25) is 0 Å². The van der Waals surface area contributed by atoms with Gasteiger partial charge in [-0.2, -0.15) is 0 Å². The molecule has 0 unspecified atom stereocenters. The van der Waals surface area contributed by atoms with Crippen LogP contribution >= 0.6 is 11.3 Å². The summed E-state index contributed by atoms with van der Waals surface area (Å²) in [6, 6.07) is 14.9. The van der Waals surface area contributed by atoms with Crippen LogP contribution in [0.25, 0.3) is 0 Å². The molecule has 6 nitrogen and oxygen atoms in total. The number of hydrogen-bond acceptors (Lipinski definition) is 5. The summed E-state index contributed by atoms with van der Waals surface area (Å²) >= 11 is 1.41. The summed E-state index contributed by atoms with van der Waals surface area (Å²) in [5.74, 6) is 0.278. The van der Waals surface area contributed by atoms with Crippen molar-refractivity contribution in [3.63, 3.8) is 0 Å². The molecule has 0 radical (unpaired) electrons. The van der Waals surface area contributed by atoms with Gasteiger partial charge in [-0.25, -0.2) is 4.98 Å². The Bertz CT molecular complexity index is 1060. The molecule has 1 aliphatic carbocycles. The average molecular weight is 407 g/mol. The van der Waals surface area contributed by atoms with E-state index in [1.807, 2.05) is 36.4 Å². The van der Waals surface area contributed by atoms with E-state index in [-0.39, 0.29) is 5.91 Å². The van der Waals surface area contributed by atoms with E-state index in [1.165, 1.54) is 11.3 Å². The molecule has 1 saturated carbocycles. The Hall–Kier alpha value is -3.19. The summed E-state index contributed by atoms with van der Waals surface area (Å²) in [5.41, 5.74) is 7.30. The molecule has 29 heavy (non-hydrogen) atoms. The first-order chi connectivity index (χ1) is 14.0. The van der Waals surface area contributed by atoms with Gasteiger partial charge in [0.1, 0.15) is 5.75 Å². The van der Waals surface area contributed by atoms with Crippen molar-refractivity contribution < 1.29 is 14.3 Å². The molecule has 4 rings (SSSR count). The molecule has 0 bridgehead atoms. The van der Waals surface area contributed by atoms with Crippen LogP contribution in [0.1, 0.15) is 39.2 Å². The Morgan fingerprint density at radius 3 is 2.55 bits per heavy atom. The summed E-state index contributed by atoms with van der Waals surface area (Å²) in [4.78, 5) is 29.8. The van der Waals surface area contributed by atoms with Crippen molar-refractivity contribution in [2.75, 3.05) is 12.4 Å². The molecule has 1 aromatic heterocycles. The standard InChI is InChI=1S/C22H21N3O3S/c1-28-16-8-6-15(7-9-16)22(10-11-22)20(27)25-21-24-13-17(29-21)12-14-4-2-3-5-18(14)19(23)26/h2-9,13H,10-12H2,1H3,(H2,23,26)(H,24,25,27). The molecule has 2 aromatic carbocycles. The molecule has 1 heterocycles. The molecule has 148 valence electrons. The maximum Gasteiger partial charge on any atom is 0.248 e. The fourth-order valence-electron chi connectivity index (χ4n) is 3.45. The van der Waals surface area contributed by atoms with E-state index >= 15 is 0 Å². The predicted molar refractivity (Wildman–Crippen MR) is 112 cm³/mol. The molecular formula is C22H21N3O3S. The van der Waals surface area contributed by atoms with E-state index in [2.05, 4.69) is 10.3 Å². The van der Waals surface area contributed by atoms with Gasteiger partial charge >= 0.3 is 0 Å². The number of carbonyl (C=O) groups is 2. The van der Waals surface area contributed by atoms with Gasteiger partial charge in [-0.15, -0.1) is 11.3 Å². The highest BCUT2D eigenvalue weighted by molar-refractivity contribution is 7.15. The number of hydrogen-bond donors (Lipinski definition) is 2. The average Bonchev–Trinajstić information content (AvgIpc) is 3.44. The zero-order valence-corrected chi connectivity index (χ0v) is 16.8. The maximum atomic E-state index is 12.9. The van der Waals surface area contributed by atoms with Gasteiger partial charge in [0, 0.05) is 23.1 Å². The number of anilines is 1. The van der Waals surface area contributed by atoms with Crippen molar-refractivity contribution in [3.8, 4) is 5.75 Å². The second-order valence-electron chi connectivity index (χ2n) is 7.09. The highest BCUT2D eigenvalue weighted by Gasteiger charge is 2.51. The van der Waals surface area contributed by atoms with Gasteiger partial charge in [0.05, 0.1) is 12.5 Å². The number of nitrogens with two attached hydrogens (primary N) is 1. The third-order valence-electron chi connectivity index (χ3n) is 5.25. The first-order valence-corrected chi connectivity index (χ1v) is 10.1. The monoisotopic (exact) mass is 407 g/mol. The fraction of sp³-hybridized carbons (Fsp3) is 0.227. The zero-order valence-electron chi connectivity index (χ0n) is 16.0. The van der Waals surface area contributed by atoms with Crippen molar-refractivity contribution >= 4 is 28.3 Å². The number of benzene rings is 2. The van der Waals surface area contributed by atoms with Crippen LogP contribution in [-0.2, 0) is 16.6 Å². The van der Waals surface area contributed by atoms with Crippen LogP contribution in [0.4, 0.5) is 5.13 Å². The number of nitrogens with zero attached hydrogens (tertiary/aromatic N) is 1. The Kier molecular flexibility index (Phi) is 5.07. The first-order valence-electron chi connectivity index (χ1n) is 9.30. The molecule has 0 spiro atoms. The lowest BCUT2D eigenvalue weighted by Gasteiger charge is -2.15. The summed E-state index contributed by atoms with van der Waals surface area (Å²) in [6.07, 6.45) is 3.89. The van der Waals surface area contributed by atoms with Gasteiger partial charge in [0.25, 0.3) is 0 Å². The number of thiazole rings is 1. The Morgan fingerprint density at radius 1 is 1.17 bits per heavy atom. The molecule has 0 saturated heterocycles. The van der Waals surface area contributed by atoms with E-state index < -0.39 is 11.3 Å². The third kappa shape index (κ3) is 3.86. The summed E-state index contributed by atoms with van der Waals surface area (Å²) < 4.78 is 5.20. The number of primary amides is 1. The van der Waals surface area contributed by atoms with Crippen molar-refractivity contribution in [2.24, 2.45) is 5.73 Å². The number of aromatic nitrogens is 1. The number of rotatable bonds is 7. The van der Waals surface area contributed by atoms with E-state index in [0.717, 1.165) is 34.6 Å². The lowest BCUT2D eigenvalue weighted by Crippen LogP contribution is -2.27. The SMILES string of the molecule is COc1ccc(C2(C(=O)Nc3ncc(Cc4ccccc4C(N)=O)s3)CC2)cc1. The second kappa shape index (κ2) is 7.67. The van der Waals surface area contributed by atoms with Crippen LogP contribution in [0.15, 0.2) is 54.7 Å². The first kappa shape index (κ1) is 19.1. The topological polar surface area (TPSA) is 94.3 Å². The molecule has 3 aromatic rings. The van der Waals surface area contributed by atoms with Crippen LogP contribution in [0.5, 0.6) is 5.75 Å². The molecule has 0 atom stereocenters. The van der Waals surface area contributed by atoms with E-state index in [0.29, 0.717) is 17.1 Å².